The summed E-state index contributed by atoms with van der Waals surface area (Å²) in [7, 11) is 1.58. The molecule has 3 aromatic rings. The molecule has 7 nitrogen and oxygen atoms in total. The maximum Gasteiger partial charge on any atom is 0.257 e. The first-order valence-electron chi connectivity index (χ1n) is 11.9. The molecule has 8 heteroatoms. The van der Waals surface area contributed by atoms with E-state index in [0.717, 1.165) is 30.6 Å². The number of nitrogens with zero attached hydrogens (tertiary/aromatic N) is 1. The van der Waals surface area contributed by atoms with Gasteiger partial charge in [0.2, 0.25) is 5.43 Å². The van der Waals surface area contributed by atoms with Gasteiger partial charge in [0.15, 0.2) is 0 Å². The second kappa shape index (κ2) is 11.5. The third-order valence-corrected chi connectivity index (χ3v) is 7.54. The average molecular weight is 494 g/mol. The molecule has 0 aliphatic heterocycles. The molecule has 0 unspecified atom stereocenters. The Morgan fingerprint density at radius 3 is 2.31 bits per heavy atom. The predicted molar refractivity (Wildman–Crippen MR) is 137 cm³/mol. The normalized spacial score (nSPS) is 14.5. The van der Waals surface area contributed by atoms with E-state index < -0.39 is 17.2 Å². The minimum atomic E-state index is -0.569. The lowest BCUT2D eigenvalue weighted by Gasteiger charge is -2.30. The Morgan fingerprint density at radius 1 is 1.00 bits per heavy atom. The number of amides is 2. The van der Waals surface area contributed by atoms with E-state index in [1.54, 1.807) is 11.7 Å². The number of carbonyl (C=O) groups is 2. The first-order chi connectivity index (χ1) is 17.0. The quantitative estimate of drug-likeness (QED) is 0.450. The molecule has 35 heavy (non-hydrogen) atoms. The number of thiophene rings is 1. The van der Waals surface area contributed by atoms with Gasteiger partial charge in [-0.25, -0.2) is 0 Å². The number of hydrogen-bond acceptors (Lipinski definition) is 5. The molecule has 0 saturated heterocycles. The molecule has 2 amide bonds. The Kier molecular flexibility index (Phi) is 8.15. The lowest BCUT2D eigenvalue weighted by atomic mass is 9.79. The minimum Gasteiger partial charge on any atom is -0.383 e. The Morgan fingerprint density at radius 2 is 1.69 bits per heavy atom. The van der Waals surface area contributed by atoms with Crippen LogP contribution in [0.4, 0.5) is 0 Å². The van der Waals surface area contributed by atoms with Gasteiger partial charge in [-0.15, -0.1) is 11.3 Å². The number of benzene rings is 1. The zero-order chi connectivity index (χ0) is 24.7. The smallest absolute Gasteiger partial charge is 0.257 e. The Hall–Kier alpha value is -3.23. The van der Waals surface area contributed by atoms with Crippen molar-refractivity contribution in [3.8, 4) is 0 Å². The number of rotatable bonds is 10. The number of methoxy groups -OCH3 is 1. The number of hydrogen-bond donors (Lipinski definition) is 2. The number of pyridine rings is 1. The molecule has 4 rings (SSSR count). The highest BCUT2D eigenvalue weighted by Gasteiger charge is 2.36. The van der Waals surface area contributed by atoms with Gasteiger partial charge in [0.25, 0.3) is 11.8 Å². The van der Waals surface area contributed by atoms with Crippen molar-refractivity contribution in [2.45, 2.75) is 44.2 Å². The van der Waals surface area contributed by atoms with E-state index in [1.807, 2.05) is 35.7 Å². The second-order valence-electron chi connectivity index (χ2n) is 8.94. The maximum absolute atomic E-state index is 13.3. The summed E-state index contributed by atoms with van der Waals surface area (Å²) in [5.74, 6) is -0.961. The molecule has 0 atom stereocenters. The standard InChI is InChI=1S/C27H31N3O4S/c1-34-14-13-30-17-22(25(32)28-16-21-10-7-15-35-21)24(31)23(18-30)26(33)29-19-27(11-5-6-12-27)20-8-3-2-4-9-20/h2-4,7-10,15,17-18H,5-6,11-14,16,19H2,1H3,(H,28,32)(H,29,33). The maximum atomic E-state index is 13.3. The van der Waals surface area contributed by atoms with E-state index in [9.17, 15) is 14.4 Å². The highest BCUT2D eigenvalue weighted by Crippen LogP contribution is 2.40. The Balaban J connectivity index is 1.56. The summed E-state index contributed by atoms with van der Waals surface area (Å²) in [6.07, 6.45) is 7.19. The van der Waals surface area contributed by atoms with Crippen molar-refractivity contribution in [1.82, 2.24) is 15.2 Å². The van der Waals surface area contributed by atoms with Gasteiger partial charge in [0, 0.05) is 42.9 Å². The van der Waals surface area contributed by atoms with Crippen LogP contribution in [0.2, 0.25) is 0 Å². The molecule has 1 fully saturated rings. The van der Waals surface area contributed by atoms with Gasteiger partial charge < -0.3 is 19.9 Å². The van der Waals surface area contributed by atoms with Gasteiger partial charge >= 0.3 is 0 Å². The van der Waals surface area contributed by atoms with Crippen LogP contribution in [0.1, 0.15) is 56.8 Å². The van der Waals surface area contributed by atoms with Gasteiger partial charge in [-0.1, -0.05) is 49.2 Å². The largest absolute Gasteiger partial charge is 0.383 e. The van der Waals surface area contributed by atoms with E-state index in [-0.39, 0.29) is 16.5 Å². The van der Waals surface area contributed by atoms with Crippen LogP contribution in [0.25, 0.3) is 0 Å². The van der Waals surface area contributed by atoms with Crippen LogP contribution in [0.5, 0.6) is 0 Å². The monoisotopic (exact) mass is 493 g/mol. The van der Waals surface area contributed by atoms with Gasteiger partial charge in [0.05, 0.1) is 13.2 Å². The molecular formula is C27H31N3O4S. The lowest BCUT2D eigenvalue weighted by Crippen LogP contribution is -2.41. The van der Waals surface area contributed by atoms with Gasteiger partial charge in [-0.2, -0.15) is 0 Å². The van der Waals surface area contributed by atoms with Crippen molar-refractivity contribution in [1.29, 1.82) is 0 Å². The topological polar surface area (TPSA) is 89.4 Å². The van der Waals surface area contributed by atoms with Crippen LogP contribution in [0.15, 0.2) is 65.0 Å². The summed E-state index contributed by atoms with van der Waals surface area (Å²) in [4.78, 5) is 40.3. The molecule has 1 aromatic carbocycles. The van der Waals surface area contributed by atoms with Crippen LogP contribution in [-0.4, -0.2) is 36.6 Å². The summed E-state index contributed by atoms with van der Waals surface area (Å²) < 4.78 is 6.82. The second-order valence-corrected chi connectivity index (χ2v) is 9.98. The fraction of sp³-hybridized carbons (Fsp3) is 0.370. The van der Waals surface area contributed by atoms with Crippen molar-refractivity contribution >= 4 is 23.2 Å². The van der Waals surface area contributed by atoms with Crippen molar-refractivity contribution in [3.63, 3.8) is 0 Å². The van der Waals surface area contributed by atoms with Crippen LogP contribution < -0.4 is 16.1 Å². The molecule has 2 aromatic heterocycles. The van der Waals surface area contributed by atoms with Gasteiger partial charge in [0.1, 0.15) is 11.1 Å². The zero-order valence-corrected chi connectivity index (χ0v) is 20.7. The van der Waals surface area contributed by atoms with Crippen molar-refractivity contribution < 1.29 is 14.3 Å². The number of nitrogens with one attached hydrogen (secondary N) is 2. The van der Waals surface area contributed by atoms with Gasteiger partial charge in [-0.05, 0) is 29.9 Å². The molecule has 184 valence electrons. The lowest BCUT2D eigenvalue weighted by molar-refractivity contribution is 0.0940. The Bertz CT molecular complexity index is 1200. The van der Waals surface area contributed by atoms with Crippen molar-refractivity contribution in [3.05, 3.63) is 92.0 Å². The number of ether oxygens (including phenoxy) is 1. The highest BCUT2D eigenvalue weighted by atomic mass is 32.1. The summed E-state index contributed by atoms with van der Waals surface area (Å²) in [5.41, 5.74) is 0.411. The number of aromatic nitrogens is 1. The van der Waals surface area contributed by atoms with E-state index >= 15 is 0 Å². The SMILES string of the molecule is COCCn1cc(C(=O)NCc2cccs2)c(=O)c(C(=O)NCC2(c3ccccc3)CCCC2)c1. The molecule has 1 saturated carbocycles. The fourth-order valence-corrected chi connectivity index (χ4v) is 5.36. The Labute approximate surface area is 209 Å². The first kappa shape index (κ1) is 24.9. The van der Waals surface area contributed by atoms with Crippen LogP contribution in [0, 0.1) is 0 Å². The van der Waals surface area contributed by atoms with Crippen molar-refractivity contribution in [2.75, 3.05) is 20.3 Å². The third-order valence-electron chi connectivity index (χ3n) is 6.66. The van der Waals surface area contributed by atoms with E-state index in [1.165, 1.54) is 29.3 Å². The molecule has 0 radical (unpaired) electrons. The summed E-state index contributed by atoms with van der Waals surface area (Å²) in [5, 5.41) is 7.73. The van der Waals surface area contributed by atoms with Gasteiger partial charge in [-0.3, -0.25) is 14.4 Å². The third kappa shape index (κ3) is 5.89. The van der Waals surface area contributed by atoms with E-state index in [4.69, 9.17) is 4.74 Å². The van der Waals surface area contributed by atoms with Crippen LogP contribution in [0.3, 0.4) is 0 Å². The molecule has 0 spiro atoms. The summed E-state index contributed by atoms with van der Waals surface area (Å²) in [6, 6.07) is 14.1. The van der Waals surface area contributed by atoms with Crippen molar-refractivity contribution in [2.24, 2.45) is 0 Å². The minimum absolute atomic E-state index is 0.0360. The van der Waals surface area contributed by atoms with E-state index in [2.05, 4.69) is 22.8 Å². The summed E-state index contributed by atoms with van der Waals surface area (Å²) >= 11 is 1.52. The van der Waals surface area contributed by atoms with Crippen LogP contribution in [-0.2, 0) is 23.2 Å². The van der Waals surface area contributed by atoms with E-state index in [0.29, 0.717) is 26.2 Å². The highest BCUT2D eigenvalue weighted by molar-refractivity contribution is 7.09. The van der Waals surface area contributed by atoms with Crippen LogP contribution >= 0.6 is 11.3 Å². The molecule has 0 bridgehead atoms. The molecular weight excluding hydrogens is 462 g/mol. The molecule has 2 N–H and O–H groups in total. The fourth-order valence-electron chi connectivity index (χ4n) is 4.71. The predicted octanol–water partition coefficient (Wildman–Crippen LogP) is 3.73. The molecule has 1 aliphatic carbocycles. The number of carbonyl (C=O) groups excluding carboxylic acids is 2. The summed E-state index contributed by atoms with van der Waals surface area (Å²) in [6.45, 7) is 1.57. The first-order valence-corrected chi connectivity index (χ1v) is 12.8. The average Bonchev–Trinajstić information content (AvgIpc) is 3.59. The molecule has 1 aliphatic rings. The zero-order valence-electron chi connectivity index (χ0n) is 19.9. The molecule has 2 heterocycles.